The fourth-order valence-corrected chi connectivity index (χ4v) is 4.29. The number of nitrogens with one attached hydrogen (secondary N) is 1. The normalized spacial score (nSPS) is 17.0. The number of rotatable bonds is 3. The lowest BCUT2D eigenvalue weighted by molar-refractivity contribution is 0.102. The molecule has 0 saturated carbocycles. The standard InChI is InChI=1S/C14H14ClN3O4S/c15-11-4-3-10(14(19)16-13-5-7-22-17-13)9-12(11)18-6-1-2-8-23(18,20)21/h3-5,7,9H,1-2,6,8H2,(H,16,17,19). The summed E-state index contributed by atoms with van der Waals surface area (Å²) in [5.74, 6) is -0.0677. The molecule has 122 valence electrons. The molecule has 1 fully saturated rings. The Bertz CT molecular complexity index is 821. The van der Waals surface area contributed by atoms with Crippen LogP contribution in [0.3, 0.4) is 0 Å². The summed E-state index contributed by atoms with van der Waals surface area (Å²) in [6.07, 6.45) is 2.72. The van der Waals surface area contributed by atoms with Crippen LogP contribution in [0.1, 0.15) is 23.2 Å². The summed E-state index contributed by atoms with van der Waals surface area (Å²) in [6, 6.07) is 6.01. The van der Waals surface area contributed by atoms with Crippen molar-refractivity contribution in [2.75, 3.05) is 21.9 Å². The van der Waals surface area contributed by atoms with Crippen LogP contribution in [-0.2, 0) is 10.0 Å². The molecule has 1 aromatic carbocycles. The second-order valence-corrected chi connectivity index (χ2v) is 7.52. The van der Waals surface area contributed by atoms with Gasteiger partial charge in [0.15, 0.2) is 5.82 Å². The van der Waals surface area contributed by atoms with Gasteiger partial charge in [-0.1, -0.05) is 16.8 Å². The Kier molecular flexibility index (Phi) is 4.27. The van der Waals surface area contributed by atoms with Gasteiger partial charge in [0.25, 0.3) is 5.91 Å². The maximum atomic E-state index is 12.2. The van der Waals surface area contributed by atoms with E-state index in [0.717, 1.165) is 6.42 Å². The highest BCUT2D eigenvalue weighted by atomic mass is 35.5. The highest BCUT2D eigenvalue weighted by Gasteiger charge is 2.28. The Morgan fingerprint density at radius 3 is 2.83 bits per heavy atom. The monoisotopic (exact) mass is 355 g/mol. The lowest BCUT2D eigenvalue weighted by Gasteiger charge is -2.29. The second-order valence-electron chi connectivity index (χ2n) is 5.10. The van der Waals surface area contributed by atoms with Gasteiger partial charge >= 0.3 is 0 Å². The third-order valence-electron chi connectivity index (χ3n) is 3.51. The Balaban J connectivity index is 1.91. The van der Waals surface area contributed by atoms with Crippen LogP contribution in [0.25, 0.3) is 0 Å². The quantitative estimate of drug-likeness (QED) is 0.913. The van der Waals surface area contributed by atoms with Crippen molar-refractivity contribution in [2.24, 2.45) is 0 Å². The van der Waals surface area contributed by atoms with E-state index in [2.05, 4.69) is 15.0 Å². The summed E-state index contributed by atoms with van der Waals surface area (Å²) in [5, 5.41) is 6.43. The lowest BCUT2D eigenvalue weighted by Crippen LogP contribution is -2.38. The van der Waals surface area contributed by atoms with E-state index in [9.17, 15) is 13.2 Å². The molecule has 0 aliphatic carbocycles. The molecule has 1 aliphatic rings. The predicted octanol–water partition coefficient (Wildman–Crippen LogP) is 2.51. The zero-order valence-corrected chi connectivity index (χ0v) is 13.6. The average Bonchev–Trinajstić information content (AvgIpc) is 3.00. The molecule has 1 aromatic heterocycles. The van der Waals surface area contributed by atoms with Crippen molar-refractivity contribution in [1.29, 1.82) is 0 Å². The number of hydrogen-bond acceptors (Lipinski definition) is 5. The molecule has 1 saturated heterocycles. The number of carbonyl (C=O) groups excluding carboxylic acids is 1. The number of benzene rings is 1. The first kappa shape index (κ1) is 15.8. The highest BCUT2D eigenvalue weighted by molar-refractivity contribution is 7.92. The number of hydrogen-bond donors (Lipinski definition) is 1. The maximum Gasteiger partial charge on any atom is 0.256 e. The molecule has 0 unspecified atom stereocenters. The van der Waals surface area contributed by atoms with Gasteiger partial charge in [0.1, 0.15) is 6.26 Å². The van der Waals surface area contributed by atoms with Gasteiger partial charge in [-0.05, 0) is 31.0 Å². The van der Waals surface area contributed by atoms with E-state index in [4.69, 9.17) is 11.6 Å². The number of amides is 1. The molecule has 2 heterocycles. The minimum Gasteiger partial charge on any atom is -0.363 e. The molecule has 0 atom stereocenters. The van der Waals surface area contributed by atoms with E-state index in [0.29, 0.717) is 18.7 Å². The molecule has 0 radical (unpaired) electrons. The number of anilines is 2. The molecule has 1 N–H and O–H groups in total. The van der Waals surface area contributed by atoms with Gasteiger partial charge in [-0.15, -0.1) is 0 Å². The molecular weight excluding hydrogens is 342 g/mol. The van der Waals surface area contributed by atoms with Crippen molar-refractivity contribution >= 4 is 39.0 Å². The van der Waals surface area contributed by atoms with Gasteiger partial charge in [0.05, 0.1) is 16.5 Å². The van der Waals surface area contributed by atoms with E-state index in [-0.39, 0.29) is 22.2 Å². The van der Waals surface area contributed by atoms with Gasteiger partial charge in [0.2, 0.25) is 10.0 Å². The molecule has 2 aromatic rings. The first-order valence-electron chi connectivity index (χ1n) is 6.99. The molecule has 1 aliphatic heterocycles. The zero-order chi connectivity index (χ0) is 16.4. The van der Waals surface area contributed by atoms with Crippen LogP contribution < -0.4 is 9.62 Å². The predicted molar refractivity (Wildman–Crippen MR) is 86.3 cm³/mol. The summed E-state index contributed by atoms with van der Waals surface area (Å²) in [7, 11) is -3.40. The summed E-state index contributed by atoms with van der Waals surface area (Å²) in [6.45, 7) is 0.358. The van der Waals surface area contributed by atoms with Crippen molar-refractivity contribution in [1.82, 2.24) is 5.16 Å². The number of nitrogens with zero attached hydrogens (tertiary/aromatic N) is 2. The molecule has 9 heteroatoms. The van der Waals surface area contributed by atoms with Crippen molar-refractivity contribution in [2.45, 2.75) is 12.8 Å². The van der Waals surface area contributed by atoms with Gasteiger partial charge in [-0.2, -0.15) is 0 Å². The van der Waals surface area contributed by atoms with E-state index < -0.39 is 15.9 Å². The van der Waals surface area contributed by atoms with Crippen LogP contribution in [-0.4, -0.2) is 31.8 Å². The van der Waals surface area contributed by atoms with E-state index in [1.54, 1.807) is 0 Å². The van der Waals surface area contributed by atoms with Gasteiger partial charge in [0, 0.05) is 18.2 Å². The topological polar surface area (TPSA) is 92.5 Å². The Morgan fingerprint density at radius 2 is 2.13 bits per heavy atom. The van der Waals surface area contributed by atoms with Crippen LogP contribution in [0, 0.1) is 0 Å². The summed E-state index contributed by atoms with van der Waals surface area (Å²) < 4.78 is 30.3. The third kappa shape index (κ3) is 3.32. The van der Waals surface area contributed by atoms with Crippen molar-refractivity contribution < 1.29 is 17.7 Å². The van der Waals surface area contributed by atoms with Gasteiger partial charge in [-0.25, -0.2) is 8.42 Å². The van der Waals surface area contributed by atoms with Crippen molar-refractivity contribution in [3.8, 4) is 0 Å². The third-order valence-corrected chi connectivity index (χ3v) is 5.68. The first-order valence-corrected chi connectivity index (χ1v) is 8.98. The van der Waals surface area contributed by atoms with Crippen LogP contribution in [0.15, 0.2) is 35.1 Å². The maximum absolute atomic E-state index is 12.2. The van der Waals surface area contributed by atoms with E-state index in [1.165, 1.54) is 34.8 Å². The molecule has 1 amide bonds. The highest BCUT2D eigenvalue weighted by Crippen LogP contribution is 2.31. The lowest BCUT2D eigenvalue weighted by atomic mass is 10.2. The number of aromatic nitrogens is 1. The minimum atomic E-state index is -3.40. The van der Waals surface area contributed by atoms with Crippen LogP contribution in [0.5, 0.6) is 0 Å². The van der Waals surface area contributed by atoms with E-state index in [1.807, 2.05) is 0 Å². The van der Waals surface area contributed by atoms with Crippen LogP contribution in [0.4, 0.5) is 11.5 Å². The smallest absolute Gasteiger partial charge is 0.256 e. The van der Waals surface area contributed by atoms with Crippen LogP contribution >= 0.6 is 11.6 Å². The second kappa shape index (κ2) is 6.21. The average molecular weight is 356 g/mol. The number of sulfonamides is 1. The summed E-state index contributed by atoms with van der Waals surface area (Å²) >= 11 is 6.14. The number of carbonyl (C=O) groups is 1. The van der Waals surface area contributed by atoms with Gasteiger partial charge < -0.3 is 9.84 Å². The SMILES string of the molecule is O=C(Nc1ccon1)c1ccc(Cl)c(N2CCCCS2(=O)=O)c1. The molecule has 0 spiro atoms. The zero-order valence-electron chi connectivity index (χ0n) is 12.0. The van der Waals surface area contributed by atoms with Gasteiger partial charge in [-0.3, -0.25) is 9.10 Å². The minimum absolute atomic E-state index is 0.0820. The van der Waals surface area contributed by atoms with Crippen LogP contribution in [0.2, 0.25) is 5.02 Å². The Morgan fingerprint density at radius 1 is 1.30 bits per heavy atom. The Hall–Kier alpha value is -2.06. The molecular formula is C14H14ClN3O4S. The number of halogens is 1. The Labute approximate surface area is 138 Å². The largest absolute Gasteiger partial charge is 0.363 e. The first-order chi connectivity index (χ1) is 11.0. The summed E-state index contributed by atoms with van der Waals surface area (Å²) in [4.78, 5) is 12.2. The fraction of sp³-hybridized carbons (Fsp3) is 0.286. The molecule has 0 bridgehead atoms. The van der Waals surface area contributed by atoms with E-state index >= 15 is 0 Å². The van der Waals surface area contributed by atoms with Crippen molar-refractivity contribution in [3.63, 3.8) is 0 Å². The van der Waals surface area contributed by atoms with Crippen molar-refractivity contribution in [3.05, 3.63) is 41.1 Å². The molecule has 3 rings (SSSR count). The molecule has 23 heavy (non-hydrogen) atoms. The summed E-state index contributed by atoms with van der Waals surface area (Å²) in [5.41, 5.74) is 0.604. The molecule has 7 nitrogen and oxygen atoms in total. The fourth-order valence-electron chi connectivity index (χ4n) is 2.37.